The minimum absolute atomic E-state index is 0.179. The molecule has 0 atom stereocenters. The first kappa shape index (κ1) is 28.6. The molecular formula is C30H30ClF3N4O. The van der Waals surface area contributed by atoms with Gasteiger partial charge in [-0.1, -0.05) is 42.5 Å². The zero-order valence-corrected chi connectivity index (χ0v) is 22.7. The predicted molar refractivity (Wildman–Crippen MR) is 148 cm³/mol. The fraction of sp³-hybridized carbons (Fsp3) is 0.333. The number of anilines is 1. The van der Waals surface area contributed by atoms with E-state index >= 15 is 0 Å². The Morgan fingerprint density at radius 3 is 2.44 bits per heavy atom. The molecule has 1 saturated heterocycles. The highest BCUT2D eigenvalue weighted by Gasteiger charge is 2.34. The molecule has 0 amide bonds. The van der Waals surface area contributed by atoms with Crippen molar-refractivity contribution in [1.29, 1.82) is 0 Å². The number of alkyl halides is 3. The summed E-state index contributed by atoms with van der Waals surface area (Å²) in [6.07, 6.45) is -2.23. The third kappa shape index (κ3) is 7.39. The van der Waals surface area contributed by atoms with Gasteiger partial charge in [0.2, 0.25) is 0 Å². The second-order valence-electron chi connectivity index (χ2n) is 9.74. The number of likely N-dealkylation sites (N-methyl/N-ethyl adjacent to an activating group) is 1. The van der Waals surface area contributed by atoms with Crippen LogP contribution in [-0.2, 0) is 25.6 Å². The molecule has 2 N–H and O–H groups in total. The number of nitrogens with two attached hydrogens (primary N) is 1. The van der Waals surface area contributed by atoms with E-state index in [0.717, 1.165) is 31.1 Å². The maximum absolute atomic E-state index is 13.9. The van der Waals surface area contributed by atoms with Crippen LogP contribution < -0.4 is 5.73 Å². The Kier molecular flexibility index (Phi) is 8.96. The van der Waals surface area contributed by atoms with Crippen molar-refractivity contribution in [3.05, 3.63) is 92.6 Å². The van der Waals surface area contributed by atoms with Crippen molar-refractivity contribution in [2.24, 2.45) is 0 Å². The van der Waals surface area contributed by atoms with Crippen LogP contribution >= 0.6 is 11.6 Å². The lowest BCUT2D eigenvalue weighted by Gasteiger charge is -2.33. The molecule has 39 heavy (non-hydrogen) atoms. The van der Waals surface area contributed by atoms with Crippen molar-refractivity contribution in [3.63, 3.8) is 0 Å². The number of piperazine rings is 1. The zero-order valence-electron chi connectivity index (χ0n) is 21.9. The number of hydrogen-bond donors (Lipinski definition) is 1. The van der Waals surface area contributed by atoms with Crippen molar-refractivity contribution in [2.45, 2.75) is 32.5 Å². The number of halogens is 4. The van der Waals surface area contributed by atoms with Gasteiger partial charge in [-0.15, -0.1) is 0 Å². The number of carbonyl (C=O) groups is 1. The number of hydrogen-bond acceptors (Lipinski definition) is 5. The molecule has 1 aliphatic heterocycles. The highest BCUT2D eigenvalue weighted by Crippen LogP contribution is 2.34. The summed E-state index contributed by atoms with van der Waals surface area (Å²) >= 11 is 6.31. The molecule has 0 saturated carbocycles. The fourth-order valence-corrected chi connectivity index (χ4v) is 4.58. The summed E-state index contributed by atoms with van der Waals surface area (Å²) in [7, 11) is 2.00. The Labute approximate surface area is 231 Å². The smallest absolute Gasteiger partial charge is 0.383 e. The molecule has 0 unspecified atom stereocenters. The summed E-state index contributed by atoms with van der Waals surface area (Å²) in [6, 6.07) is 10.7. The van der Waals surface area contributed by atoms with Crippen molar-refractivity contribution in [3.8, 4) is 11.8 Å². The second kappa shape index (κ2) is 12.2. The molecule has 0 aliphatic carbocycles. The summed E-state index contributed by atoms with van der Waals surface area (Å²) in [5.74, 6) is 5.87. The standard InChI is InChI=1S/C30H30ClF3N4O/c1-3-20-14-24(29(35)36-18-20)7-6-22-17-23(8-9-27(22)31)28(39)16-21-4-5-25(26(15-21)30(32,33)34)19-38-12-10-37(2)11-13-38/h4-5,8-9,14-15,17-18H,3,10-13,16,19H2,1-2H3,(H2,35,36). The van der Waals surface area contributed by atoms with Gasteiger partial charge in [-0.25, -0.2) is 4.98 Å². The number of rotatable bonds is 6. The number of benzene rings is 2. The van der Waals surface area contributed by atoms with Gasteiger partial charge in [-0.2, -0.15) is 13.2 Å². The Hall–Kier alpha value is -3.38. The van der Waals surface area contributed by atoms with E-state index in [1.807, 2.05) is 24.9 Å². The van der Waals surface area contributed by atoms with Crippen LogP contribution in [0.5, 0.6) is 0 Å². The summed E-state index contributed by atoms with van der Waals surface area (Å²) in [5.41, 5.74) is 8.02. The minimum atomic E-state index is -4.52. The summed E-state index contributed by atoms with van der Waals surface area (Å²) in [5, 5.41) is 0.352. The fourth-order valence-electron chi connectivity index (χ4n) is 4.41. The van der Waals surface area contributed by atoms with E-state index in [1.54, 1.807) is 30.5 Å². The van der Waals surface area contributed by atoms with Crippen molar-refractivity contribution < 1.29 is 18.0 Å². The Morgan fingerprint density at radius 2 is 1.74 bits per heavy atom. The molecule has 3 aromatic rings. The number of nitrogens with zero attached hydrogens (tertiary/aromatic N) is 3. The SMILES string of the molecule is CCc1cnc(N)c(C#Cc2cc(C(=O)Cc3ccc(CN4CCN(C)CC4)c(C(F)(F)F)c3)ccc2Cl)c1. The molecule has 1 aliphatic rings. The van der Waals surface area contributed by atoms with Crippen LogP contribution in [0.4, 0.5) is 19.0 Å². The first-order valence-electron chi connectivity index (χ1n) is 12.7. The van der Waals surface area contributed by atoms with Gasteiger partial charge < -0.3 is 10.6 Å². The largest absolute Gasteiger partial charge is 0.416 e. The highest BCUT2D eigenvalue weighted by molar-refractivity contribution is 6.31. The number of aryl methyl sites for hydroxylation is 1. The number of pyridine rings is 1. The van der Waals surface area contributed by atoms with Gasteiger partial charge in [-0.3, -0.25) is 9.69 Å². The van der Waals surface area contributed by atoms with Gasteiger partial charge in [0, 0.05) is 56.5 Å². The molecule has 2 heterocycles. The molecule has 0 radical (unpaired) electrons. The van der Waals surface area contributed by atoms with Crippen molar-refractivity contribution >= 4 is 23.2 Å². The molecule has 2 aromatic carbocycles. The Morgan fingerprint density at radius 1 is 1.03 bits per heavy atom. The van der Waals surface area contributed by atoms with E-state index in [2.05, 4.69) is 21.7 Å². The van der Waals surface area contributed by atoms with Crippen LogP contribution in [0.15, 0.2) is 48.7 Å². The van der Waals surface area contributed by atoms with E-state index in [1.165, 1.54) is 6.07 Å². The first-order chi connectivity index (χ1) is 18.5. The molecule has 5 nitrogen and oxygen atoms in total. The molecular weight excluding hydrogens is 525 g/mol. The maximum Gasteiger partial charge on any atom is 0.416 e. The average molecular weight is 555 g/mol. The monoisotopic (exact) mass is 554 g/mol. The van der Waals surface area contributed by atoms with Crippen LogP contribution in [0.2, 0.25) is 5.02 Å². The number of nitrogen functional groups attached to an aromatic ring is 1. The first-order valence-corrected chi connectivity index (χ1v) is 13.1. The third-order valence-corrected chi connectivity index (χ3v) is 7.17. The molecule has 9 heteroatoms. The molecule has 0 spiro atoms. The lowest BCUT2D eigenvalue weighted by Crippen LogP contribution is -2.44. The molecule has 4 rings (SSSR count). The van der Waals surface area contributed by atoms with Gasteiger partial charge in [0.15, 0.2) is 5.78 Å². The van der Waals surface area contributed by atoms with Crippen LogP contribution in [-0.4, -0.2) is 53.8 Å². The lowest BCUT2D eigenvalue weighted by atomic mass is 9.97. The topological polar surface area (TPSA) is 62.5 Å². The van der Waals surface area contributed by atoms with Crippen LogP contribution in [0.1, 0.15) is 50.7 Å². The van der Waals surface area contributed by atoms with Gasteiger partial charge in [0.05, 0.1) is 16.1 Å². The second-order valence-corrected chi connectivity index (χ2v) is 10.2. The lowest BCUT2D eigenvalue weighted by molar-refractivity contribution is -0.138. The molecule has 204 valence electrons. The van der Waals surface area contributed by atoms with E-state index < -0.39 is 11.7 Å². The van der Waals surface area contributed by atoms with Crippen molar-refractivity contribution in [2.75, 3.05) is 39.0 Å². The van der Waals surface area contributed by atoms with E-state index in [4.69, 9.17) is 17.3 Å². The van der Waals surface area contributed by atoms with Gasteiger partial charge >= 0.3 is 6.18 Å². The third-order valence-electron chi connectivity index (χ3n) is 6.84. The van der Waals surface area contributed by atoms with E-state index in [0.29, 0.717) is 46.2 Å². The molecule has 0 bridgehead atoms. The quantitative estimate of drug-likeness (QED) is 0.323. The Balaban J connectivity index is 1.54. The van der Waals surface area contributed by atoms with Gasteiger partial charge in [-0.05, 0) is 60.5 Å². The molecule has 1 aromatic heterocycles. The van der Waals surface area contributed by atoms with E-state index in [-0.39, 0.29) is 24.3 Å². The number of ketones is 1. The van der Waals surface area contributed by atoms with E-state index in [9.17, 15) is 18.0 Å². The van der Waals surface area contributed by atoms with Crippen LogP contribution in [0.25, 0.3) is 0 Å². The van der Waals surface area contributed by atoms with Gasteiger partial charge in [0.1, 0.15) is 5.82 Å². The maximum atomic E-state index is 13.9. The summed E-state index contributed by atoms with van der Waals surface area (Å²) in [4.78, 5) is 21.4. The predicted octanol–water partition coefficient (Wildman–Crippen LogP) is 5.47. The van der Waals surface area contributed by atoms with Crippen molar-refractivity contribution in [1.82, 2.24) is 14.8 Å². The summed E-state index contributed by atoms with van der Waals surface area (Å²) < 4.78 is 41.8. The Bertz CT molecular complexity index is 1420. The van der Waals surface area contributed by atoms with Crippen LogP contribution in [0, 0.1) is 11.8 Å². The number of Topliss-reactive ketones (excluding diaryl/α,β-unsaturated/α-hetero) is 1. The molecule has 1 fully saturated rings. The minimum Gasteiger partial charge on any atom is -0.383 e. The van der Waals surface area contributed by atoms with Crippen LogP contribution in [0.3, 0.4) is 0 Å². The zero-order chi connectivity index (χ0) is 28.2. The summed E-state index contributed by atoms with van der Waals surface area (Å²) in [6.45, 7) is 5.27. The normalized spacial score (nSPS) is 14.6. The van der Waals surface area contributed by atoms with Gasteiger partial charge in [0.25, 0.3) is 0 Å². The number of aromatic nitrogens is 1. The number of carbonyl (C=O) groups excluding carboxylic acids is 1. The highest BCUT2D eigenvalue weighted by atomic mass is 35.5. The average Bonchev–Trinajstić information content (AvgIpc) is 2.90.